The molecule has 1 amide bonds. The first-order valence-electron chi connectivity index (χ1n) is 11.5. The summed E-state index contributed by atoms with van der Waals surface area (Å²) < 4.78 is 0. The molecule has 6 heteroatoms. The Labute approximate surface area is 186 Å². The number of fused-ring (bicyclic) bond motifs is 2. The van der Waals surface area contributed by atoms with Crippen molar-refractivity contribution in [3.05, 3.63) is 23.2 Å². The van der Waals surface area contributed by atoms with Crippen molar-refractivity contribution in [1.29, 1.82) is 0 Å². The summed E-state index contributed by atoms with van der Waals surface area (Å²) in [5.74, 6) is 0.234. The number of likely N-dealkylation sites (N-methyl/N-ethyl adjacent to an activating group) is 1. The van der Waals surface area contributed by atoms with E-state index in [4.69, 9.17) is 4.98 Å². The van der Waals surface area contributed by atoms with Crippen molar-refractivity contribution in [2.75, 3.05) is 25.5 Å². The quantitative estimate of drug-likeness (QED) is 0.461. The summed E-state index contributed by atoms with van der Waals surface area (Å²) in [7, 11) is 1.82. The van der Waals surface area contributed by atoms with Crippen LogP contribution in [-0.4, -0.2) is 47.1 Å². The highest BCUT2D eigenvalue weighted by atomic mass is 32.1. The van der Waals surface area contributed by atoms with Crippen molar-refractivity contribution in [2.24, 2.45) is 23.2 Å². The Morgan fingerprint density at radius 2 is 2.27 bits per heavy atom. The number of unbranched alkanes of at least 4 members (excludes halogenated alkanes) is 1. The summed E-state index contributed by atoms with van der Waals surface area (Å²) in [6, 6.07) is 0. The van der Waals surface area contributed by atoms with Gasteiger partial charge in [0.05, 0.1) is 11.8 Å². The van der Waals surface area contributed by atoms with Gasteiger partial charge in [0.1, 0.15) is 0 Å². The fraction of sp³-hybridized carbons (Fsp3) is 0.750. The Morgan fingerprint density at radius 3 is 2.93 bits per heavy atom. The lowest BCUT2D eigenvalue weighted by atomic mass is 9.53. The first kappa shape index (κ1) is 23.3. The van der Waals surface area contributed by atoms with Crippen LogP contribution in [0.1, 0.15) is 69.9 Å². The number of aliphatic hydroxyl groups is 1. The Balaban J connectivity index is 1.80. The Hall–Kier alpha value is -1.40. The van der Waals surface area contributed by atoms with E-state index in [1.54, 1.807) is 22.3 Å². The maximum absolute atomic E-state index is 12.9. The standard InChI is InChI=1S/C24H39N3O2S/c1-7-9-12-25-23-26-20-16(4)19-21(28)17(15(3)22(29)27(6)13-8-2)10-11-24(19,5)14-18(20)30-23/h8,15-17,19,21,28H,2,7,9-14H2,1,3-6H3,(H,25,26)/t15-,16-,17?,19+,21-,24-/m0/s1. The lowest BCUT2D eigenvalue weighted by molar-refractivity contribution is -0.143. The van der Waals surface area contributed by atoms with Crippen molar-refractivity contribution >= 4 is 22.4 Å². The molecule has 0 radical (unpaired) electrons. The lowest BCUT2D eigenvalue weighted by Gasteiger charge is -2.53. The number of aromatic nitrogens is 1. The number of carbonyl (C=O) groups excluding carboxylic acids is 1. The number of aliphatic hydroxyl groups excluding tert-OH is 1. The highest BCUT2D eigenvalue weighted by Gasteiger charge is 2.54. The predicted molar refractivity (Wildman–Crippen MR) is 125 cm³/mol. The van der Waals surface area contributed by atoms with Gasteiger partial charge in [-0.05, 0) is 42.9 Å². The first-order valence-corrected chi connectivity index (χ1v) is 12.3. The van der Waals surface area contributed by atoms with Crippen LogP contribution in [0.5, 0.6) is 0 Å². The zero-order chi connectivity index (χ0) is 22.1. The van der Waals surface area contributed by atoms with E-state index >= 15 is 0 Å². The molecule has 1 saturated carbocycles. The second kappa shape index (κ2) is 9.39. The number of thiazole rings is 1. The first-order chi connectivity index (χ1) is 14.2. The second-order valence-electron chi connectivity index (χ2n) is 9.74. The van der Waals surface area contributed by atoms with Crippen LogP contribution in [0.25, 0.3) is 0 Å². The minimum Gasteiger partial charge on any atom is -0.392 e. The number of rotatable bonds is 8. The molecule has 30 heavy (non-hydrogen) atoms. The maximum Gasteiger partial charge on any atom is 0.225 e. The van der Waals surface area contributed by atoms with E-state index in [1.807, 2.05) is 14.0 Å². The predicted octanol–water partition coefficient (Wildman–Crippen LogP) is 4.69. The Morgan fingerprint density at radius 1 is 1.53 bits per heavy atom. The van der Waals surface area contributed by atoms with Crippen molar-refractivity contribution < 1.29 is 9.90 Å². The molecule has 0 saturated heterocycles. The van der Waals surface area contributed by atoms with Crippen LogP contribution < -0.4 is 5.32 Å². The van der Waals surface area contributed by atoms with E-state index in [2.05, 4.69) is 32.7 Å². The Bertz CT molecular complexity index is 764. The van der Waals surface area contributed by atoms with Crippen molar-refractivity contribution in [1.82, 2.24) is 9.88 Å². The van der Waals surface area contributed by atoms with Crippen LogP contribution in [0.3, 0.4) is 0 Å². The fourth-order valence-electron chi connectivity index (χ4n) is 5.81. The van der Waals surface area contributed by atoms with Gasteiger partial charge in [0.15, 0.2) is 5.13 Å². The molecule has 2 N–H and O–H groups in total. The summed E-state index contributed by atoms with van der Waals surface area (Å²) in [5.41, 5.74) is 1.22. The van der Waals surface area contributed by atoms with Gasteiger partial charge < -0.3 is 15.3 Å². The van der Waals surface area contributed by atoms with Gasteiger partial charge in [0.25, 0.3) is 0 Å². The number of nitrogens with zero attached hydrogens (tertiary/aromatic N) is 2. The molecule has 0 aliphatic heterocycles. The molecule has 1 heterocycles. The van der Waals surface area contributed by atoms with E-state index in [-0.39, 0.29) is 35.0 Å². The van der Waals surface area contributed by atoms with Crippen LogP contribution >= 0.6 is 11.3 Å². The molecular weight excluding hydrogens is 394 g/mol. The molecule has 6 atom stereocenters. The third-order valence-corrected chi connectivity index (χ3v) is 8.57. The molecule has 5 nitrogen and oxygen atoms in total. The van der Waals surface area contributed by atoms with E-state index in [0.29, 0.717) is 6.54 Å². The van der Waals surface area contributed by atoms with Crippen LogP contribution in [0, 0.1) is 23.2 Å². The number of nitrogens with one attached hydrogen (secondary N) is 1. The molecule has 1 aromatic heterocycles. The summed E-state index contributed by atoms with van der Waals surface area (Å²) >= 11 is 1.79. The van der Waals surface area contributed by atoms with Crippen molar-refractivity contribution in [2.45, 2.75) is 71.8 Å². The van der Waals surface area contributed by atoms with E-state index < -0.39 is 6.10 Å². The van der Waals surface area contributed by atoms with Crippen LogP contribution in [0.15, 0.2) is 12.7 Å². The molecule has 2 aliphatic carbocycles. The number of amides is 1. The molecule has 168 valence electrons. The van der Waals surface area contributed by atoms with Crippen LogP contribution in [0.2, 0.25) is 0 Å². The summed E-state index contributed by atoms with van der Waals surface area (Å²) in [6.45, 7) is 14.0. The van der Waals surface area contributed by atoms with Crippen LogP contribution in [0.4, 0.5) is 5.13 Å². The molecule has 0 bridgehead atoms. The Kier molecular flexibility index (Phi) is 7.28. The molecule has 0 spiro atoms. The van der Waals surface area contributed by atoms with E-state index in [0.717, 1.165) is 43.1 Å². The molecule has 1 fully saturated rings. The summed E-state index contributed by atoms with van der Waals surface area (Å²) in [5, 5.41) is 16.0. The number of carbonyl (C=O) groups is 1. The van der Waals surface area contributed by atoms with Gasteiger partial charge in [-0.2, -0.15) is 0 Å². The van der Waals surface area contributed by atoms with Crippen molar-refractivity contribution in [3.63, 3.8) is 0 Å². The van der Waals surface area contributed by atoms with Gasteiger partial charge in [-0.1, -0.05) is 40.2 Å². The van der Waals surface area contributed by atoms with E-state index in [1.165, 1.54) is 11.3 Å². The number of hydrogen-bond acceptors (Lipinski definition) is 5. The van der Waals surface area contributed by atoms with Gasteiger partial charge >= 0.3 is 0 Å². The molecule has 3 rings (SSSR count). The van der Waals surface area contributed by atoms with Gasteiger partial charge in [0, 0.05) is 36.9 Å². The zero-order valence-corrected chi connectivity index (χ0v) is 20.1. The van der Waals surface area contributed by atoms with Gasteiger partial charge in [-0.25, -0.2) is 4.98 Å². The monoisotopic (exact) mass is 433 g/mol. The molecule has 0 aromatic carbocycles. The normalized spacial score (nSPS) is 31.4. The average Bonchev–Trinajstić information content (AvgIpc) is 3.09. The highest BCUT2D eigenvalue weighted by Crippen LogP contribution is 2.57. The smallest absolute Gasteiger partial charge is 0.225 e. The van der Waals surface area contributed by atoms with Crippen molar-refractivity contribution in [3.8, 4) is 0 Å². The molecule has 1 unspecified atom stereocenters. The minimum atomic E-state index is -0.485. The number of anilines is 1. The SMILES string of the molecule is C=CCN(C)C(=O)[C@@H](C)C1CC[C@@]2(C)Cc3sc(NCCCC)nc3[C@@H](C)[C@@H]2[C@H]1O. The third kappa shape index (κ3) is 4.31. The summed E-state index contributed by atoms with van der Waals surface area (Å²) in [4.78, 5) is 20.9. The third-order valence-electron chi connectivity index (χ3n) is 7.54. The highest BCUT2D eigenvalue weighted by molar-refractivity contribution is 7.15. The maximum atomic E-state index is 12.9. The largest absolute Gasteiger partial charge is 0.392 e. The summed E-state index contributed by atoms with van der Waals surface area (Å²) in [6.07, 6.45) is 6.49. The molecule has 2 aliphatic rings. The average molecular weight is 434 g/mol. The topological polar surface area (TPSA) is 65.5 Å². The van der Waals surface area contributed by atoms with Gasteiger partial charge in [0.2, 0.25) is 5.91 Å². The van der Waals surface area contributed by atoms with Gasteiger partial charge in [-0.15, -0.1) is 17.9 Å². The van der Waals surface area contributed by atoms with E-state index in [9.17, 15) is 9.90 Å². The molecule has 1 aromatic rings. The fourth-order valence-corrected chi connectivity index (χ4v) is 7.10. The lowest BCUT2D eigenvalue weighted by Crippen LogP contribution is -2.53. The minimum absolute atomic E-state index is 0.00683. The van der Waals surface area contributed by atoms with Crippen LogP contribution in [-0.2, 0) is 11.2 Å². The number of hydrogen-bond donors (Lipinski definition) is 2. The molecular formula is C24H39N3O2S. The van der Waals surface area contributed by atoms with Gasteiger partial charge in [-0.3, -0.25) is 4.79 Å². The zero-order valence-electron chi connectivity index (χ0n) is 19.3. The second-order valence-corrected chi connectivity index (χ2v) is 10.8.